The fourth-order valence-corrected chi connectivity index (χ4v) is 3.11. The molecule has 1 N–H and O–H groups in total. The highest BCUT2D eigenvalue weighted by Gasteiger charge is 2.19. The first-order valence-corrected chi connectivity index (χ1v) is 8.26. The lowest BCUT2D eigenvalue weighted by molar-refractivity contribution is 0.0763. The predicted octanol–water partition coefficient (Wildman–Crippen LogP) is 0.487. The van der Waals surface area contributed by atoms with Gasteiger partial charge in [0.15, 0.2) is 0 Å². The maximum atomic E-state index is 12.7. The Balaban J connectivity index is 1.97. The van der Waals surface area contributed by atoms with Crippen LogP contribution in [0, 0.1) is 0 Å². The number of fused-ring (bicyclic) bond motifs is 1. The first-order valence-electron chi connectivity index (χ1n) is 8.26. The number of aromatic amines is 1. The molecule has 24 heavy (non-hydrogen) atoms. The summed E-state index contributed by atoms with van der Waals surface area (Å²) in [6, 6.07) is 4.89. The summed E-state index contributed by atoms with van der Waals surface area (Å²) >= 11 is 0. The summed E-state index contributed by atoms with van der Waals surface area (Å²) < 4.78 is 1.15. The molecule has 0 atom stereocenters. The molecule has 0 bridgehead atoms. The number of hydrogen-bond donors (Lipinski definition) is 1. The molecule has 0 unspecified atom stereocenters. The second-order valence-electron chi connectivity index (χ2n) is 6.19. The minimum Gasteiger partial charge on any atom is -0.337 e. The van der Waals surface area contributed by atoms with Crippen molar-refractivity contribution in [3.8, 4) is 0 Å². The van der Waals surface area contributed by atoms with Crippen molar-refractivity contribution in [3.05, 3.63) is 44.6 Å². The maximum Gasteiger partial charge on any atom is 0.328 e. The van der Waals surface area contributed by atoms with Crippen molar-refractivity contribution in [2.45, 2.75) is 19.9 Å². The number of nitrogens with zero attached hydrogens (tertiary/aromatic N) is 3. The lowest BCUT2D eigenvalue weighted by atomic mass is 10.1. The molecule has 2 aromatic rings. The van der Waals surface area contributed by atoms with Crippen LogP contribution in [-0.4, -0.2) is 58.5 Å². The number of H-pyrrole nitrogens is 1. The molecular formula is C17H22N4O3. The lowest BCUT2D eigenvalue weighted by Gasteiger charge is -2.20. The van der Waals surface area contributed by atoms with Crippen LogP contribution in [0.5, 0.6) is 0 Å². The third kappa shape index (κ3) is 2.99. The summed E-state index contributed by atoms with van der Waals surface area (Å²) in [5.41, 5.74) is 0.131. The second-order valence-corrected chi connectivity index (χ2v) is 6.19. The number of benzene rings is 1. The molecule has 1 aliphatic rings. The molecule has 1 aromatic heterocycles. The molecule has 7 nitrogen and oxygen atoms in total. The van der Waals surface area contributed by atoms with Gasteiger partial charge in [0.25, 0.3) is 11.5 Å². The number of nitrogens with one attached hydrogen (secondary N) is 1. The van der Waals surface area contributed by atoms with Crippen LogP contribution >= 0.6 is 0 Å². The van der Waals surface area contributed by atoms with Crippen molar-refractivity contribution in [1.29, 1.82) is 0 Å². The highest BCUT2D eigenvalue weighted by Crippen LogP contribution is 2.13. The molecule has 0 radical (unpaired) electrons. The molecule has 3 rings (SSSR count). The Hall–Kier alpha value is -2.41. The van der Waals surface area contributed by atoms with E-state index in [1.807, 2.05) is 11.9 Å². The van der Waals surface area contributed by atoms with Crippen LogP contribution in [0.25, 0.3) is 10.9 Å². The summed E-state index contributed by atoms with van der Waals surface area (Å²) in [4.78, 5) is 43.7. The van der Waals surface area contributed by atoms with Gasteiger partial charge in [-0.3, -0.25) is 14.2 Å². The molecular weight excluding hydrogens is 308 g/mol. The summed E-state index contributed by atoms with van der Waals surface area (Å²) in [5.74, 6) is -0.0623. The van der Waals surface area contributed by atoms with Gasteiger partial charge in [-0.15, -0.1) is 0 Å². The summed E-state index contributed by atoms with van der Waals surface area (Å²) in [5, 5.41) is 0.420. The van der Waals surface area contributed by atoms with Crippen LogP contribution in [0.1, 0.15) is 23.7 Å². The van der Waals surface area contributed by atoms with Gasteiger partial charge >= 0.3 is 5.69 Å². The van der Waals surface area contributed by atoms with Crippen molar-refractivity contribution in [2.75, 3.05) is 33.2 Å². The first-order chi connectivity index (χ1) is 11.5. The Labute approximate surface area is 139 Å². The standard InChI is InChI=1S/C17H22N4O3/c1-3-21-16(23)13-6-5-12(11-14(13)18-17(21)24)15(22)20-8-4-7-19(2)9-10-20/h5-6,11H,3-4,7-10H2,1-2H3,(H,18,24). The van der Waals surface area contributed by atoms with Gasteiger partial charge in [0.2, 0.25) is 0 Å². The zero-order valence-electron chi connectivity index (χ0n) is 14.0. The number of carbonyl (C=O) groups is 1. The Kier molecular flexibility index (Phi) is 4.53. The van der Waals surface area contributed by atoms with E-state index in [0.29, 0.717) is 29.6 Å². The van der Waals surface area contributed by atoms with Gasteiger partial charge in [-0.2, -0.15) is 0 Å². The number of amides is 1. The Morgan fingerprint density at radius 2 is 1.96 bits per heavy atom. The van der Waals surface area contributed by atoms with Gasteiger partial charge in [0, 0.05) is 31.7 Å². The zero-order chi connectivity index (χ0) is 17.3. The summed E-state index contributed by atoms with van der Waals surface area (Å²) in [7, 11) is 2.05. The number of likely N-dealkylation sites (N-methyl/N-ethyl adjacent to an activating group) is 1. The average molecular weight is 330 g/mol. The summed E-state index contributed by atoms with van der Waals surface area (Å²) in [6.45, 7) is 5.28. The molecule has 1 aliphatic heterocycles. The second kappa shape index (κ2) is 6.60. The fourth-order valence-electron chi connectivity index (χ4n) is 3.11. The maximum absolute atomic E-state index is 12.7. The Morgan fingerprint density at radius 1 is 1.17 bits per heavy atom. The van der Waals surface area contributed by atoms with Gasteiger partial charge in [-0.25, -0.2) is 4.79 Å². The van der Waals surface area contributed by atoms with E-state index in [0.717, 1.165) is 30.6 Å². The van der Waals surface area contributed by atoms with E-state index in [1.165, 1.54) is 0 Å². The van der Waals surface area contributed by atoms with Crippen molar-refractivity contribution >= 4 is 16.8 Å². The van der Waals surface area contributed by atoms with Crippen LogP contribution in [-0.2, 0) is 6.54 Å². The Bertz CT molecular complexity index is 884. The van der Waals surface area contributed by atoms with Crippen LogP contribution in [0.3, 0.4) is 0 Å². The monoisotopic (exact) mass is 330 g/mol. The van der Waals surface area contributed by atoms with Gasteiger partial charge < -0.3 is 14.8 Å². The van der Waals surface area contributed by atoms with Gasteiger partial charge in [0.1, 0.15) is 0 Å². The number of hydrogen-bond acceptors (Lipinski definition) is 4. The Morgan fingerprint density at radius 3 is 2.71 bits per heavy atom. The van der Waals surface area contributed by atoms with E-state index in [4.69, 9.17) is 0 Å². The highest BCUT2D eigenvalue weighted by atomic mass is 16.2. The molecule has 1 fully saturated rings. The predicted molar refractivity (Wildman–Crippen MR) is 92.5 cm³/mol. The molecule has 7 heteroatoms. The van der Waals surface area contributed by atoms with E-state index in [1.54, 1.807) is 25.1 Å². The van der Waals surface area contributed by atoms with E-state index < -0.39 is 5.69 Å². The van der Waals surface area contributed by atoms with Crippen LogP contribution in [0.4, 0.5) is 0 Å². The minimum atomic E-state index is -0.448. The molecule has 128 valence electrons. The molecule has 1 amide bonds. The van der Waals surface area contributed by atoms with Crippen LogP contribution in [0.15, 0.2) is 27.8 Å². The van der Waals surface area contributed by atoms with Gasteiger partial charge in [-0.05, 0) is 45.1 Å². The summed E-state index contributed by atoms with van der Waals surface area (Å²) in [6.07, 6.45) is 0.938. The van der Waals surface area contributed by atoms with Crippen molar-refractivity contribution in [1.82, 2.24) is 19.4 Å². The van der Waals surface area contributed by atoms with Crippen molar-refractivity contribution < 1.29 is 4.79 Å². The molecule has 2 heterocycles. The van der Waals surface area contributed by atoms with E-state index in [-0.39, 0.29) is 11.5 Å². The van der Waals surface area contributed by atoms with E-state index in [9.17, 15) is 14.4 Å². The topological polar surface area (TPSA) is 78.4 Å². The molecule has 1 saturated heterocycles. The van der Waals surface area contributed by atoms with Gasteiger partial charge in [-0.1, -0.05) is 0 Å². The molecule has 0 saturated carbocycles. The van der Waals surface area contributed by atoms with Gasteiger partial charge in [0.05, 0.1) is 10.9 Å². The normalized spacial score (nSPS) is 16.3. The van der Waals surface area contributed by atoms with E-state index >= 15 is 0 Å². The van der Waals surface area contributed by atoms with Crippen LogP contribution < -0.4 is 11.2 Å². The number of aromatic nitrogens is 2. The third-order valence-corrected chi connectivity index (χ3v) is 4.55. The smallest absolute Gasteiger partial charge is 0.328 e. The highest BCUT2D eigenvalue weighted by molar-refractivity contribution is 5.97. The molecule has 0 aliphatic carbocycles. The van der Waals surface area contributed by atoms with Crippen LogP contribution in [0.2, 0.25) is 0 Å². The number of rotatable bonds is 2. The minimum absolute atomic E-state index is 0.0623. The first kappa shape index (κ1) is 16.4. The van der Waals surface area contributed by atoms with Crippen molar-refractivity contribution in [3.63, 3.8) is 0 Å². The third-order valence-electron chi connectivity index (χ3n) is 4.55. The molecule has 1 aromatic carbocycles. The zero-order valence-corrected chi connectivity index (χ0v) is 14.0. The number of carbonyl (C=O) groups excluding carboxylic acids is 1. The molecule has 0 spiro atoms. The largest absolute Gasteiger partial charge is 0.337 e. The SMILES string of the molecule is CCn1c(=O)[nH]c2cc(C(=O)N3CCCN(C)CC3)ccc2c1=O. The quantitative estimate of drug-likeness (QED) is 0.869. The van der Waals surface area contributed by atoms with Crippen molar-refractivity contribution in [2.24, 2.45) is 0 Å². The van der Waals surface area contributed by atoms with E-state index in [2.05, 4.69) is 9.88 Å². The lowest BCUT2D eigenvalue weighted by Crippen LogP contribution is -2.35. The fraction of sp³-hybridized carbons (Fsp3) is 0.471. The average Bonchev–Trinajstić information content (AvgIpc) is 2.78.